The van der Waals surface area contributed by atoms with Crippen LogP contribution in [0.2, 0.25) is 0 Å². The molecule has 12 nitrogen and oxygen atoms in total. The lowest BCUT2D eigenvalue weighted by Gasteiger charge is -2.17. The third-order valence-electron chi connectivity index (χ3n) is 4.80. The van der Waals surface area contributed by atoms with E-state index >= 15 is 0 Å². The van der Waals surface area contributed by atoms with E-state index in [1.165, 1.54) is 19.9 Å². The highest BCUT2D eigenvalue weighted by Crippen LogP contribution is 2.10. The van der Waals surface area contributed by atoms with Gasteiger partial charge in [0, 0.05) is 25.2 Å². The normalized spacial score (nSPS) is 9.36. The van der Waals surface area contributed by atoms with Gasteiger partial charge in [-0.25, -0.2) is 4.79 Å². The number of hydrogen-bond acceptors (Lipinski definition) is 7. The maximum atomic E-state index is 11.3. The molecule has 0 aromatic heterocycles. The molecule has 1 atom stereocenters. The average molecular weight is 629 g/mol. The van der Waals surface area contributed by atoms with Crippen LogP contribution in [0.15, 0.2) is 24.3 Å². The van der Waals surface area contributed by atoms with Crippen molar-refractivity contribution < 1.29 is 28.7 Å². The standard InChI is InChI=1S/C12H15N3O4.C10H21NO.C4H11N.C3H8.C2H6.CH3NO/c1-13-12(18)19-7-9-2-4-10(5-3-9)15-11(17)6-14-8-16;1-5-6-7-10(12)11-9(4)8(2)3;1-3-4-5-2;1-3-2;1-2;2-1-3/h2-5,8H,6-7H2,1H3,(H,13,18)(H,14,16)(H,15,17);8-9H,5-7H2,1-4H3,(H,11,12);5H,3-4H2,1-2H3;3H2,1-2H3;1-2H3;1H,(H2,2,3). The second-order valence-corrected chi connectivity index (χ2v) is 9.22. The molecule has 258 valence electrons. The van der Waals surface area contributed by atoms with E-state index in [0.717, 1.165) is 24.9 Å². The van der Waals surface area contributed by atoms with Gasteiger partial charge >= 0.3 is 6.09 Å². The molecule has 0 saturated heterocycles. The van der Waals surface area contributed by atoms with Crippen molar-refractivity contribution in [2.45, 2.75) is 107 Å². The number of nitrogens with two attached hydrogens (primary N) is 1. The fourth-order valence-electron chi connectivity index (χ4n) is 2.33. The number of carbonyl (C=O) groups is 5. The monoisotopic (exact) mass is 628 g/mol. The summed E-state index contributed by atoms with van der Waals surface area (Å²) in [5, 5.41) is 13.2. The zero-order valence-electron chi connectivity index (χ0n) is 29.3. The second kappa shape index (κ2) is 41.5. The molecule has 0 aliphatic heterocycles. The van der Waals surface area contributed by atoms with Crippen LogP contribution < -0.4 is 32.3 Å². The smallest absolute Gasteiger partial charge is 0.407 e. The zero-order valence-corrected chi connectivity index (χ0v) is 29.3. The molecule has 1 aromatic rings. The van der Waals surface area contributed by atoms with Crippen LogP contribution in [0.1, 0.15) is 100.0 Å². The van der Waals surface area contributed by atoms with Gasteiger partial charge in [-0.15, -0.1) is 0 Å². The van der Waals surface area contributed by atoms with Crippen LogP contribution in [0.3, 0.4) is 0 Å². The van der Waals surface area contributed by atoms with Gasteiger partial charge < -0.3 is 37.1 Å². The SMILES string of the molecule is CC.CCC.CCCCC(=O)NC(C)C(C)C.CCCNC.CNC(=O)OCc1ccc(NC(=O)CNC=O)cc1.NC=O. The van der Waals surface area contributed by atoms with Gasteiger partial charge in [0.05, 0.1) is 6.54 Å². The molecule has 0 bridgehead atoms. The highest BCUT2D eigenvalue weighted by atomic mass is 16.5. The number of alkyl carbamates (subject to hydrolysis) is 1. The molecule has 12 heteroatoms. The summed E-state index contributed by atoms with van der Waals surface area (Å²) in [6.07, 6.45) is 5.44. The van der Waals surface area contributed by atoms with Crippen molar-refractivity contribution in [3.05, 3.63) is 29.8 Å². The lowest BCUT2D eigenvalue weighted by molar-refractivity contribution is -0.122. The Morgan fingerprint density at radius 2 is 1.43 bits per heavy atom. The Bertz CT molecular complexity index is 790. The Labute approximate surface area is 267 Å². The molecule has 5 amide bonds. The predicted octanol–water partition coefficient (Wildman–Crippen LogP) is 4.72. The summed E-state index contributed by atoms with van der Waals surface area (Å²) in [6.45, 7) is 20.0. The molecule has 1 unspecified atom stereocenters. The molecular formula is C32H64N6O6. The first-order chi connectivity index (χ1) is 21.0. The quantitative estimate of drug-likeness (QED) is 0.171. The number of primary amides is 1. The van der Waals surface area contributed by atoms with Gasteiger partial charge in [0.2, 0.25) is 24.6 Å². The first-order valence-corrected chi connectivity index (χ1v) is 15.5. The molecule has 0 spiro atoms. The molecule has 0 aliphatic rings. The van der Waals surface area contributed by atoms with E-state index in [2.05, 4.69) is 80.8 Å². The first kappa shape index (κ1) is 50.0. The first-order valence-electron chi connectivity index (χ1n) is 15.5. The van der Waals surface area contributed by atoms with Crippen molar-refractivity contribution in [3.8, 4) is 0 Å². The van der Waals surface area contributed by atoms with Crippen LogP contribution >= 0.6 is 0 Å². The fourth-order valence-corrected chi connectivity index (χ4v) is 2.33. The van der Waals surface area contributed by atoms with Crippen LogP contribution in [0.4, 0.5) is 10.5 Å². The number of nitrogens with one attached hydrogen (secondary N) is 5. The summed E-state index contributed by atoms with van der Waals surface area (Å²) in [4.78, 5) is 52.0. The molecule has 1 rings (SSSR count). The Morgan fingerprint density at radius 1 is 0.909 bits per heavy atom. The average Bonchev–Trinajstić information content (AvgIpc) is 3.01. The summed E-state index contributed by atoms with van der Waals surface area (Å²) in [5.41, 5.74) is 5.56. The number of carbonyl (C=O) groups excluding carboxylic acids is 5. The predicted molar refractivity (Wildman–Crippen MR) is 182 cm³/mol. The van der Waals surface area contributed by atoms with Gasteiger partial charge in [-0.3, -0.25) is 19.2 Å². The molecule has 0 saturated carbocycles. The maximum Gasteiger partial charge on any atom is 0.407 e. The van der Waals surface area contributed by atoms with Gasteiger partial charge in [0.15, 0.2) is 0 Å². The van der Waals surface area contributed by atoms with E-state index in [0.29, 0.717) is 30.5 Å². The third-order valence-corrected chi connectivity index (χ3v) is 4.80. The van der Waals surface area contributed by atoms with Crippen molar-refractivity contribution >= 4 is 36.4 Å². The Balaban J connectivity index is -0.000000173. The van der Waals surface area contributed by atoms with Gasteiger partial charge in [-0.1, -0.05) is 80.4 Å². The number of benzene rings is 1. The molecule has 0 heterocycles. The van der Waals surface area contributed by atoms with Gasteiger partial charge in [0.25, 0.3) is 0 Å². The number of rotatable bonds is 13. The minimum absolute atomic E-state index is 0.0783. The summed E-state index contributed by atoms with van der Waals surface area (Å²) >= 11 is 0. The van der Waals surface area contributed by atoms with Crippen molar-refractivity contribution in [2.75, 3.05) is 32.5 Å². The van der Waals surface area contributed by atoms with E-state index in [1.807, 2.05) is 20.9 Å². The number of unbranched alkanes of at least 4 members (excludes halogenated alkanes) is 1. The maximum absolute atomic E-state index is 11.3. The highest BCUT2D eigenvalue weighted by Gasteiger charge is 2.09. The Kier molecular flexibility index (Phi) is 47.1. The van der Waals surface area contributed by atoms with E-state index in [1.54, 1.807) is 24.3 Å². The molecule has 1 aromatic carbocycles. The summed E-state index contributed by atoms with van der Waals surface area (Å²) in [6, 6.07) is 7.12. The highest BCUT2D eigenvalue weighted by molar-refractivity contribution is 5.93. The minimum Gasteiger partial charge on any atom is -0.445 e. The topological polar surface area (TPSA) is 181 Å². The molecular weight excluding hydrogens is 564 g/mol. The van der Waals surface area contributed by atoms with E-state index in [-0.39, 0.29) is 31.4 Å². The molecule has 7 N–H and O–H groups in total. The summed E-state index contributed by atoms with van der Waals surface area (Å²) in [5.74, 6) is 0.398. The Hall–Kier alpha value is -3.67. The number of hydrogen-bond donors (Lipinski definition) is 6. The van der Waals surface area contributed by atoms with Gasteiger partial charge in [-0.2, -0.15) is 0 Å². The number of ether oxygens (including phenoxy) is 1. The molecule has 0 radical (unpaired) electrons. The summed E-state index contributed by atoms with van der Waals surface area (Å²) < 4.78 is 4.87. The fraction of sp³-hybridized carbons (Fsp3) is 0.656. The van der Waals surface area contributed by atoms with Crippen LogP contribution in [0.25, 0.3) is 0 Å². The lowest BCUT2D eigenvalue weighted by atomic mass is 10.1. The molecule has 0 fully saturated rings. The molecule has 0 aliphatic carbocycles. The second-order valence-electron chi connectivity index (χ2n) is 9.22. The van der Waals surface area contributed by atoms with Crippen molar-refractivity contribution in [1.29, 1.82) is 0 Å². The number of amides is 5. The lowest BCUT2D eigenvalue weighted by Crippen LogP contribution is -2.35. The summed E-state index contributed by atoms with van der Waals surface area (Å²) in [7, 11) is 3.44. The zero-order chi connectivity index (χ0) is 35.2. The Morgan fingerprint density at radius 3 is 1.80 bits per heavy atom. The number of anilines is 1. The van der Waals surface area contributed by atoms with Gasteiger partial charge in [0.1, 0.15) is 6.61 Å². The van der Waals surface area contributed by atoms with Crippen LogP contribution in [-0.4, -0.2) is 64.0 Å². The van der Waals surface area contributed by atoms with Crippen LogP contribution in [-0.2, 0) is 30.5 Å². The van der Waals surface area contributed by atoms with E-state index in [4.69, 9.17) is 9.53 Å². The van der Waals surface area contributed by atoms with Crippen LogP contribution in [0, 0.1) is 5.92 Å². The third kappa shape index (κ3) is 42.8. The van der Waals surface area contributed by atoms with Crippen molar-refractivity contribution in [1.82, 2.24) is 21.3 Å². The van der Waals surface area contributed by atoms with Crippen molar-refractivity contribution in [2.24, 2.45) is 11.7 Å². The minimum atomic E-state index is -0.502. The van der Waals surface area contributed by atoms with Gasteiger partial charge in [-0.05, 0) is 57.0 Å². The largest absolute Gasteiger partial charge is 0.445 e. The molecule has 44 heavy (non-hydrogen) atoms. The van der Waals surface area contributed by atoms with E-state index < -0.39 is 6.09 Å². The van der Waals surface area contributed by atoms with Crippen LogP contribution in [0.5, 0.6) is 0 Å². The van der Waals surface area contributed by atoms with Crippen molar-refractivity contribution in [3.63, 3.8) is 0 Å². The van der Waals surface area contributed by atoms with E-state index in [9.17, 15) is 19.2 Å².